The second kappa shape index (κ2) is 9.09. The van der Waals surface area contributed by atoms with Gasteiger partial charge in [0.05, 0.1) is 27.0 Å². The molecule has 0 amide bonds. The first-order valence-corrected chi connectivity index (χ1v) is 9.91. The number of hydrogen-bond acceptors (Lipinski definition) is 8. The predicted molar refractivity (Wildman–Crippen MR) is 115 cm³/mol. The zero-order valence-electron chi connectivity index (χ0n) is 17.8. The van der Waals surface area contributed by atoms with E-state index in [-0.39, 0.29) is 5.75 Å². The zero-order chi connectivity index (χ0) is 21.8. The number of phenolic OH excluding ortho intramolecular Hbond substituents is 1. The zero-order valence-corrected chi connectivity index (χ0v) is 17.8. The molecule has 0 unspecified atom stereocenters. The van der Waals surface area contributed by atoms with Crippen LogP contribution in [-0.2, 0) is 13.1 Å². The molecule has 0 fully saturated rings. The molecule has 0 radical (unpaired) electrons. The third-order valence-corrected chi connectivity index (χ3v) is 5.23. The van der Waals surface area contributed by atoms with Crippen LogP contribution in [0.5, 0.6) is 28.9 Å². The number of aromatic hydroxyl groups is 1. The molecule has 31 heavy (non-hydrogen) atoms. The van der Waals surface area contributed by atoms with E-state index in [9.17, 15) is 5.11 Å². The fraction of sp³-hybridized carbons (Fsp3) is 0.304. The monoisotopic (exact) mass is 423 g/mol. The Labute approximate surface area is 181 Å². The minimum Gasteiger partial charge on any atom is -0.507 e. The minimum absolute atomic E-state index is 0.213. The van der Waals surface area contributed by atoms with E-state index in [0.717, 1.165) is 22.4 Å². The number of hydrogen-bond donors (Lipinski definition) is 1. The number of methoxy groups -OCH3 is 3. The molecule has 1 aliphatic heterocycles. The summed E-state index contributed by atoms with van der Waals surface area (Å²) in [4.78, 5) is 2.22. The van der Waals surface area contributed by atoms with Crippen LogP contribution in [0.4, 0.5) is 0 Å². The molecule has 4 rings (SSSR count). The van der Waals surface area contributed by atoms with Crippen LogP contribution in [0.25, 0.3) is 11.3 Å². The second-order valence-electron chi connectivity index (χ2n) is 7.18. The summed E-state index contributed by atoms with van der Waals surface area (Å²) in [7, 11) is 4.76. The summed E-state index contributed by atoms with van der Waals surface area (Å²) in [5, 5.41) is 18.7. The van der Waals surface area contributed by atoms with Crippen molar-refractivity contribution in [1.29, 1.82) is 0 Å². The lowest BCUT2D eigenvalue weighted by Gasteiger charge is -2.20. The molecule has 1 N–H and O–H groups in total. The summed E-state index contributed by atoms with van der Waals surface area (Å²) in [6, 6.07) is 12.9. The number of benzene rings is 2. The van der Waals surface area contributed by atoms with Crippen molar-refractivity contribution in [2.24, 2.45) is 0 Å². The molecule has 0 bridgehead atoms. The van der Waals surface area contributed by atoms with Crippen molar-refractivity contribution in [3.8, 4) is 40.1 Å². The van der Waals surface area contributed by atoms with Gasteiger partial charge in [0.1, 0.15) is 18.1 Å². The lowest BCUT2D eigenvalue weighted by Crippen LogP contribution is -2.25. The van der Waals surface area contributed by atoms with Crippen molar-refractivity contribution in [3.63, 3.8) is 0 Å². The van der Waals surface area contributed by atoms with Gasteiger partial charge in [-0.1, -0.05) is 6.07 Å². The Morgan fingerprint density at radius 2 is 1.87 bits per heavy atom. The van der Waals surface area contributed by atoms with Gasteiger partial charge in [-0.2, -0.15) is 0 Å². The van der Waals surface area contributed by atoms with E-state index in [1.807, 2.05) is 30.3 Å². The third kappa shape index (κ3) is 4.49. The highest BCUT2D eigenvalue weighted by Crippen LogP contribution is 2.38. The quantitative estimate of drug-likeness (QED) is 0.647. The molecule has 0 atom stereocenters. The number of rotatable bonds is 6. The van der Waals surface area contributed by atoms with E-state index >= 15 is 0 Å². The van der Waals surface area contributed by atoms with E-state index in [2.05, 4.69) is 15.1 Å². The fourth-order valence-corrected chi connectivity index (χ4v) is 3.60. The first kappa shape index (κ1) is 20.7. The van der Waals surface area contributed by atoms with Crippen molar-refractivity contribution < 1.29 is 24.1 Å². The molecular formula is C23H25N3O5. The maximum Gasteiger partial charge on any atom is 0.233 e. The van der Waals surface area contributed by atoms with Gasteiger partial charge in [0.15, 0.2) is 11.5 Å². The second-order valence-corrected chi connectivity index (χ2v) is 7.18. The van der Waals surface area contributed by atoms with Crippen LogP contribution in [0.1, 0.15) is 11.1 Å². The summed E-state index contributed by atoms with van der Waals surface area (Å²) in [6.07, 6.45) is 0. The Bertz CT molecular complexity index is 1060. The summed E-state index contributed by atoms with van der Waals surface area (Å²) in [5.41, 5.74) is 3.40. The average Bonchev–Trinajstić information content (AvgIpc) is 3.01. The Morgan fingerprint density at radius 1 is 1.00 bits per heavy atom. The van der Waals surface area contributed by atoms with Gasteiger partial charge >= 0.3 is 0 Å². The predicted octanol–water partition coefficient (Wildman–Crippen LogP) is 3.27. The third-order valence-electron chi connectivity index (χ3n) is 5.23. The standard InChI is InChI=1S/C23H25N3O5/c1-28-18-5-4-15(20(27)12-18)13-26-8-9-31-23-17(14-26)10-16(11-21(23)29-2)19-6-7-22(30-3)25-24-19/h4-7,10-12,27H,8-9,13-14H2,1-3H3. The molecule has 8 nitrogen and oxygen atoms in total. The average molecular weight is 423 g/mol. The van der Waals surface area contributed by atoms with Gasteiger partial charge in [-0.05, 0) is 24.3 Å². The molecule has 1 aromatic heterocycles. The van der Waals surface area contributed by atoms with Crippen molar-refractivity contribution in [2.75, 3.05) is 34.5 Å². The van der Waals surface area contributed by atoms with E-state index < -0.39 is 0 Å². The highest BCUT2D eigenvalue weighted by Gasteiger charge is 2.22. The van der Waals surface area contributed by atoms with Crippen molar-refractivity contribution in [3.05, 3.63) is 53.6 Å². The summed E-state index contributed by atoms with van der Waals surface area (Å²) >= 11 is 0. The first-order valence-electron chi connectivity index (χ1n) is 9.91. The topological polar surface area (TPSA) is 86.2 Å². The van der Waals surface area contributed by atoms with Gasteiger partial charge in [0, 0.05) is 48.5 Å². The van der Waals surface area contributed by atoms with Crippen LogP contribution in [0.15, 0.2) is 42.5 Å². The highest BCUT2D eigenvalue weighted by molar-refractivity contribution is 5.66. The molecule has 0 spiro atoms. The van der Waals surface area contributed by atoms with Crippen LogP contribution < -0.4 is 18.9 Å². The lowest BCUT2D eigenvalue weighted by atomic mass is 10.0. The molecule has 2 heterocycles. The molecule has 3 aromatic rings. The van der Waals surface area contributed by atoms with Crippen LogP contribution in [-0.4, -0.2) is 54.7 Å². The van der Waals surface area contributed by atoms with Crippen molar-refractivity contribution in [2.45, 2.75) is 13.1 Å². The van der Waals surface area contributed by atoms with Crippen LogP contribution >= 0.6 is 0 Å². The number of fused-ring (bicyclic) bond motifs is 1. The van der Waals surface area contributed by atoms with Crippen LogP contribution in [0.2, 0.25) is 0 Å². The normalized spacial score (nSPS) is 13.6. The summed E-state index contributed by atoms with van der Waals surface area (Å²) in [6.45, 7) is 2.44. The fourth-order valence-electron chi connectivity index (χ4n) is 3.60. The highest BCUT2D eigenvalue weighted by atomic mass is 16.5. The van der Waals surface area contributed by atoms with Crippen molar-refractivity contribution >= 4 is 0 Å². The number of ether oxygens (including phenoxy) is 4. The lowest BCUT2D eigenvalue weighted by molar-refractivity contribution is 0.215. The Kier molecular flexibility index (Phi) is 6.08. The minimum atomic E-state index is 0.213. The van der Waals surface area contributed by atoms with E-state index in [1.165, 1.54) is 0 Å². The van der Waals surface area contributed by atoms with Gasteiger partial charge in [0.25, 0.3) is 0 Å². The molecule has 0 aliphatic carbocycles. The van der Waals surface area contributed by atoms with Crippen LogP contribution in [0, 0.1) is 0 Å². The Hall–Kier alpha value is -3.52. The molecule has 0 saturated heterocycles. The maximum atomic E-state index is 10.4. The van der Waals surface area contributed by atoms with Crippen molar-refractivity contribution in [1.82, 2.24) is 15.1 Å². The number of aromatic nitrogens is 2. The Morgan fingerprint density at radius 3 is 2.55 bits per heavy atom. The maximum absolute atomic E-state index is 10.4. The van der Waals surface area contributed by atoms with Gasteiger partial charge in [-0.25, -0.2) is 0 Å². The summed E-state index contributed by atoms with van der Waals surface area (Å²) < 4.78 is 21.9. The first-order chi connectivity index (χ1) is 15.1. The Balaban J connectivity index is 1.63. The van der Waals surface area contributed by atoms with Crippen LogP contribution in [0.3, 0.4) is 0 Å². The van der Waals surface area contributed by atoms with Gasteiger partial charge < -0.3 is 24.1 Å². The number of phenols is 1. The van der Waals surface area contributed by atoms with E-state index in [0.29, 0.717) is 49.3 Å². The number of nitrogens with zero attached hydrogens (tertiary/aromatic N) is 3. The molecule has 8 heteroatoms. The molecule has 2 aromatic carbocycles. The van der Waals surface area contributed by atoms with Gasteiger partial charge in [-0.15, -0.1) is 10.2 Å². The van der Waals surface area contributed by atoms with Gasteiger partial charge in [-0.3, -0.25) is 4.90 Å². The van der Waals surface area contributed by atoms with E-state index in [4.69, 9.17) is 18.9 Å². The summed E-state index contributed by atoms with van der Waals surface area (Å²) in [5.74, 6) is 2.68. The largest absolute Gasteiger partial charge is 0.507 e. The molecular weight excluding hydrogens is 398 g/mol. The molecule has 1 aliphatic rings. The smallest absolute Gasteiger partial charge is 0.233 e. The van der Waals surface area contributed by atoms with E-state index in [1.54, 1.807) is 33.5 Å². The van der Waals surface area contributed by atoms with Gasteiger partial charge in [0.2, 0.25) is 5.88 Å². The molecule has 162 valence electrons. The SMILES string of the molecule is COc1ccc(CN2CCOc3c(cc(-c4ccc(OC)nn4)cc3OC)C2)c(O)c1. The molecule has 0 saturated carbocycles.